The normalized spacial score (nSPS) is 38.6. The van der Waals surface area contributed by atoms with Crippen molar-refractivity contribution in [3.63, 3.8) is 0 Å². The Kier molecular flexibility index (Phi) is 3.98. The van der Waals surface area contributed by atoms with Crippen molar-refractivity contribution in [2.45, 2.75) is 43.3 Å². The Morgan fingerprint density at radius 3 is 1.65 bits per heavy atom. The first-order chi connectivity index (χ1) is 12.3. The van der Waals surface area contributed by atoms with Crippen LogP contribution in [0, 0.1) is 35.8 Å². The summed E-state index contributed by atoms with van der Waals surface area (Å²) in [5, 5.41) is 0. The van der Waals surface area contributed by atoms with E-state index in [1.165, 1.54) is 32.1 Å². The Labute approximate surface area is 169 Å². The molecule has 0 unspecified atom stereocenters. The van der Waals surface area contributed by atoms with Crippen LogP contribution in [-0.2, 0) is 36.4 Å². The smallest absolute Gasteiger partial charge is 0.224 e. The van der Waals surface area contributed by atoms with Gasteiger partial charge in [-0.3, -0.25) is 0 Å². The Balaban J connectivity index is 0.00000150. The summed E-state index contributed by atoms with van der Waals surface area (Å²) < 4.78 is 0. The fourth-order valence-corrected chi connectivity index (χ4v) is 6.70. The van der Waals surface area contributed by atoms with Crippen LogP contribution in [0.2, 0.25) is 0 Å². The Morgan fingerprint density at radius 2 is 1.27 bits per heavy atom. The van der Waals surface area contributed by atoms with E-state index in [2.05, 4.69) is 36.4 Å². The molecule has 2 aromatic carbocycles. The molecular formula is C23H22O2W. The molecule has 4 saturated carbocycles. The first-order valence-electron chi connectivity index (χ1n) is 9.64. The summed E-state index contributed by atoms with van der Waals surface area (Å²) in [5.41, 5.74) is 1.39. The quantitative estimate of drug-likeness (QED) is 0.428. The molecule has 1 aliphatic heterocycles. The maximum absolute atomic E-state index is 6.18. The topological polar surface area (TPSA) is 18.5 Å². The third kappa shape index (κ3) is 1.99. The van der Waals surface area contributed by atoms with Crippen molar-refractivity contribution < 1.29 is 30.8 Å². The summed E-state index contributed by atoms with van der Waals surface area (Å²) in [6.45, 7) is 0. The second-order valence-corrected chi connectivity index (χ2v) is 8.50. The first-order valence-corrected chi connectivity index (χ1v) is 9.64. The maximum Gasteiger partial charge on any atom is 2.00 e. The molecule has 5 fully saturated rings. The summed E-state index contributed by atoms with van der Waals surface area (Å²) in [7, 11) is 0. The minimum atomic E-state index is -0.557. The summed E-state index contributed by atoms with van der Waals surface area (Å²) in [4.78, 5) is 12.3. The molecule has 1 saturated heterocycles. The van der Waals surface area contributed by atoms with Crippen LogP contribution in [0.3, 0.4) is 0 Å². The largest absolute Gasteiger partial charge is 2.00 e. The standard InChI is InChI=1S/C23H22O2.W/c1-3-7-18(8-4-1)22(19-9-5-2-6-10-19)23(25-24-22)20-12-16-11-17(14-20)15-21(23)13-16;/h1-7,9,16-17,20-21H,11-15H2;/q-2;+2. The van der Waals surface area contributed by atoms with Gasteiger partial charge in [-0.25, -0.2) is 9.78 Å². The van der Waals surface area contributed by atoms with E-state index < -0.39 is 5.60 Å². The molecule has 5 aliphatic rings. The Morgan fingerprint density at radius 1 is 0.731 bits per heavy atom. The Bertz CT molecular complexity index is 721. The van der Waals surface area contributed by atoms with Crippen LogP contribution >= 0.6 is 0 Å². The van der Waals surface area contributed by atoms with Crippen LogP contribution in [0.4, 0.5) is 0 Å². The van der Waals surface area contributed by atoms with Crippen LogP contribution in [0.15, 0.2) is 48.5 Å². The zero-order chi connectivity index (χ0) is 16.5. The molecule has 1 spiro atoms. The van der Waals surface area contributed by atoms with Gasteiger partial charge in [0, 0.05) is 0 Å². The van der Waals surface area contributed by atoms with E-state index in [0.29, 0.717) is 11.8 Å². The predicted octanol–water partition coefficient (Wildman–Crippen LogP) is 4.68. The fourth-order valence-electron chi connectivity index (χ4n) is 6.70. The van der Waals surface area contributed by atoms with Crippen LogP contribution in [0.1, 0.15) is 43.2 Å². The zero-order valence-electron chi connectivity index (χ0n) is 14.7. The van der Waals surface area contributed by atoms with Crippen LogP contribution < -0.4 is 0 Å². The number of hydrogen-bond acceptors (Lipinski definition) is 2. The van der Waals surface area contributed by atoms with Crippen molar-refractivity contribution >= 4 is 0 Å². The van der Waals surface area contributed by atoms with Gasteiger partial charge in [0.1, 0.15) is 11.2 Å². The molecule has 3 heteroatoms. The molecule has 0 aromatic heterocycles. The van der Waals surface area contributed by atoms with E-state index in [9.17, 15) is 0 Å². The molecule has 0 N–H and O–H groups in total. The third-order valence-corrected chi connectivity index (χ3v) is 7.38. The number of hydrogen-bond donors (Lipinski definition) is 0. The minimum absolute atomic E-state index is 0. The monoisotopic (exact) mass is 514 g/mol. The molecule has 0 atom stereocenters. The summed E-state index contributed by atoms with van der Waals surface area (Å²) >= 11 is 0. The van der Waals surface area contributed by atoms with Crippen LogP contribution in [0.25, 0.3) is 0 Å². The number of benzene rings is 2. The summed E-state index contributed by atoms with van der Waals surface area (Å²) in [6, 6.07) is 23.4. The van der Waals surface area contributed by atoms with Gasteiger partial charge < -0.3 is 0 Å². The maximum atomic E-state index is 6.18. The van der Waals surface area contributed by atoms with Crippen molar-refractivity contribution in [2.24, 2.45) is 23.7 Å². The molecule has 7 rings (SSSR count). The molecule has 4 bridgehead atoms. The molecule has 132 valence electrons. The second-order valence-electron chi connectivity index (χ2n) is 8.50. The molecule has 4 aliphatic carbocycles. The van der Waals surface area contributed by atoms with E-state index in [1.54, 1.807) is 0 Å². The average molecular weight is 514 g/mol. The van der Waals surface area contributed by atoms with E-state index in [1.807, 2.05) is 24.3 Å². The Hall–Kier alpha value is -0.952. The van der Waals surface area contributed by atoms with Gasteiger partial charge in [-0.15, -0.1) is 11.1 Å². The van der Waals surface area contributed by atoms with Crippen molar-refractivity contribution in [1.29, 1.82) is 0 Å². The number of rotatable bonds is 2. The van der Waals surface area contributed by atoms with Gasteiger partial charge in [-0.05, 0) is 55.8 Å². The zero-order valence-corrected chi connectivity index (χ0v) is 17.6. The van der Waals surface area contributed by atoms with Gasteiger partial charge in [0.05, 0.1) is 0 Å². The van der Waals surface area contributed by atoms with Crippen LogP contribution in [-0.4, -0.2) is 5.60 Å². The average Bonchev–Trinajstić information content (AvgIpc) is 2.63. The van der Waals surface area contributed by atoms with Gasteiger partial charge in [0.25, 0.3) is 0 Å². The van der Waals surface area contributed by atoms with E-state index in [0.717, 1.165) is 23.0 Å². The van der Waals surface area contributed by atoms with Gasteiger partial charge in [0.2, 0.25) is 0 Å². The SMILES string of the molecule is [W+2].[c-]1ccccc1C1(c2[c-]cccc2)OOC12C1CC3CC(C1)CC2C3. The third-order valence-electron chi connectivity index (χ3n) is 7.38. The van der Waals surface area contributed by atoms with Crippen molar-refractivity contribution in [2.75, 3.05) is 0 Å². The molecule has 2 aromatic rings. The molecule has 0 radical (unpaired) electrons. The summed E-state index contributed by atoms with van der Waals surface area (Å²) in [6.07, 6.45) is 6.59. The second kappa shape index (κ2) is 6.02. The summed E-state index contributed by atoms with van der Waals surface area (Å²) in [5.74, 6) is 2.96. The molecule has 1 heterocycles. The molecule has 0 amide bonds. The first kappa shape index (κ1) is 17.2. The van der Waals surface area contributed by atoms with E-state index in [-0.39, 0.29) is 26.7 Å². The van der Waals surface area contributed by atoms with Gasteiger partial charge >= 0.3 is 21.1 Å². The molecule has 2 nitrogen and oxygen atoms in total. The fraction of sp³-hybridized carbons (Fsp3) is 0.478. The van der Waals surface area contributed by atoms with Gasteiger partial charge in [-0.2, -0.15) is 60.7 Å². The predicted molar refractivity (Wildman–Crippen MR) is 93.3 cm³/mol. The van der Waals surface area contributed by atoms with Gasteiger partial charge in [0.15, 0.2) is 0 Å². The van der Waals surface area contributed by atoms with Crippen LogP contribution in [0.5, 0.6) is 0 Å². The van der Waals surface area contributed by atoms with Crippen molar-refractivity contribution in [3.8, 4) is 0 Å². The molecular weight excluding hydrogens is 492 g/mol. The van der Waals surface area contributed by atoms with E-state index in [4.69, 9.17) is 9.78 Å². The van der Waals surface area contributed by atoms with Crippen molar-refractivity contribution in [1.82, 2.24) is 0 Å². The van der Waals surface area contributed by atoms with Gasteiger partial charge in [-0.1, -0.05) is 0 Å². The van der Waals surface area contributed by atoms with E-state index >= 15 is 0 Å². The van der Waals surface area contributed by atoms with Crippen molar-refractivity contribution in [3.05, 3.63) is 71.8 Å². The molecule has 26 heavy (non-hydrogen) atoms. The minimum Gasteiger partial charge on any atom is -0.224 e.